The average Bonchev–Trinajstić information content (AvgIpc) is 2.47. The van der Waals surface area contributed by atoms with E-state index in [1.165, 1.54) is 19.1 Å². The second kappa shape index (κ2) is 5.56. The maximum atomic E-state index is 13.7. The van der Waals surface area contributed by atoms with Crippen LogP contribution in [0.4, 0.5) is 4.39 Å². The maximum Gasteiger partial charge on any atom is 0.252 e. The zero-order valence-corrected chi connectivity index (χ0v) is 11.1. The lowest BCUT2D eigenvalue weighted by molar-refractivity contribution is 0.0725. The van der Waals surface area contributed by atoms with E-state index in [1.54, 1.807) is 24.3 Å². The predicted molar refractivity (Wildman–Crippen MR) is 73.9 cm³/mol. The van der Waals surface area contributed by atoms with Gasteiger partial charge in [0.05, 0.1) is 18.8 Å². The maximum absolute atomic E-state index is 13.7. The Morgan fingerprint density at radius 2 is 1.75 bits per heavy atom. The predicted octanol–water partition coefficient (Wildman–Crippen LogP) is 1.45. The van der Waals surface area contributed by atoms with Crippen molar-refractivity contribution < 1.29 is 19.4 Å². The van der Waals surface area contributed by atoms with Gasteiger partial charge in [0.15, 0.2) is 0 Å². The van der Waals surface area contributed by atoms with Gasteiger partial charge in [0.2, 0.25) is 0 Å². The number of carbonyl (C=O) groups is 1. The molecule has 2 rings (SSSR count). The molecule has 106 valence electrons. The van der Waals surface area contributed by atoms with Crippen LogP contribution in [0.2, 0.25) is 0 Å². The van der Waals surface area contributed by atoms with Crippen molar-refractivity contribution in [1.29, 1.82) is 0 Å². The summed E-state index contributed by atoms with van der Waals surface area (Å²) in [5.74, 6) is -0.865. The van der Waals surface area contributed by atoms with Gasteiger partial charge in [-0.3, -0.25) is 4.79 Å². The molecule has 5 heteroatoms. The van der Waals surface area contributed by atoms with Crippen molar-refractivity contribution in [3.05, 3.63) is 47.8 Å². The van der Waals surface area contributed by atoms with Crippen LogP contribution in [0.3, 0.4) is 0 Å². The fourth-order valence-corrected chi connectivity index (χ4v) is 1.93. The molecule has 3 N–H and O–H groups in total. The summed E-state index contributed by atoms with van der Waals surface area (Å²) in [5, 5.41) is 21.8. The first-order chi connectivity index (χ1) is 9.50. The quantitative estimate of drug-likeness (QED) is 0.792. The number of hydrogen-bond acceptors (Lipinski definition) is 3. The number of fused-ring (bicyclic) bond motifs is 1. The molecular formula is C15H16FNO3. The highest BCUT2D eigenvalue weighted by atomic mass is 19.1. The molecule has 0 unspecified atom stereocenters. The van der Waals surface area contributed by atoms with E-state index in [2.05, 4.69) is 5.32 Å². The van der Waals surface area contributed by atoms with Gasteiger partial charge in [-0.15, -0.1) is 0 Å². The lowest BCUT2D eigenvalue weighted by Crippen LogP contribution is -2.51. The number of aliphatic hydroxyl groups excluding tert-OH is 2. The van der Waals surface area contributed by atoms with E-state index in [0.717, 1.165) is 0 Å². The summed E-state index contributed by atoms with van der Waals surface area (Å²) in [6.07, 6.45) is 0. The van der Waals surface area contributed by atoms with Gasteiger partial charge >= 0.3 is 0 Å². The first kappa shape index (κ1) is 14.4. The van der Waals surface area contributed by atoms with E-state index in [-0.39, 0.29) is 0 Å². The third kappa shape index (κ3) is 2.64. The second-order valence-corrected chi connectivity index (χ2v) is 4.97. The van der Waals surface area contributed by atoms with Crippen molar-refractivity contribution in [3.63, 3.8) is 0 Å². The molecular weight excluding hydrogens is 261 g/mol. The van der Waals surface area contributed by atoms with Crippen LogP contribution in [-0.4, -0.2) is 34.9 Å². The SMILES string of the molecule is CC(CO)(CO)NC(=O)c1ccc(F)c2ccccc12. The third-order valence-corrected chi connectivity index (χ3v) is 3.23. The molecule has 0 saturated heterocycles. The minimum atomic E-state index is -1.12. The van der Waals surface area contributed by atoms with Gasteiger partial charge in [-0.2, -0.15) is 0 Å². The van der Waals surface area contributed by atoms with Crippen LogP contribution in [0.5, 0.6) is 0 Å². The Kier molecular flexibility index (Phi) is 4.01. The minimum absolute atomic E-state index is 0.301. The molecule has 0 atom stereocenters. The fraction of sp³-hybridized carbons (Fsp3) is 0.267. The van der Waals surface area contributed by atoms with Gasteiger partial charge in [0, 0.05) is 10.9 Å². The molecule has 0 aliphatic carbocycles. The summed E-state index contributed by atoms with van der Waals surface area (Å²) in [4.78, 5) is 12.2. The van der Waals surface area contributed by atoms with Gasteiger partial charge in [-0.25, -0.2) is 4.39 Å². The lowest BCUT2D eigenvalue weighted by Gasteiger charge is -2.26. The summed E-state index contributed by atoms with van der Waals surface area (Å²) in [6.45, 7) is 0.735. The molecule has 0 aromatic heterocycles. The summed E-state index contributed by atoms with van der Waals surface area (Å²) >= 11 is 0. The van der Waals surface area contributed by atoms with Crippen molar-refractivity contribution >= 4 is 16.7 Å². The Balaban J connectivity index is 2.43. The highest BCUT2D eigenvalue weighted by Crippen LogP contribution is 2.22. The average molecular weight is 277 g/mol. The molecule has 2 aromatic carbocycles. The number of rotatable bonds is 4. The molecule has 0 fully saturated rings. The Bertz CT molecular complexity index is 638. The van der Waals surface area contributed by atoms with Crippen LogP contribution >= 0.6 is 0 Å². The van der Waals surface area contributed by atoms with E-state index in [9.17, 15) is 19.4 Å². The molecule has 0 aliphatic rings. The van der Waals surface area contributed by atoms with E-state index in [0.29, 0.717) is 16.3 Å². The van der Waals surface area contributed by atoms with Crippen LogP contribution in [0, 0.1) is 5.82 Å². The van der Waals surface area contributed by atoms with Crippen LogP contribution in [0.1, 0.15) is 17.3 Å². The normalized spacial score (nSPS) is 11.6. The van der Waals surface area contributed by atoms with Gasteiger partial charge in [-0.1, -0.05) is 24.3 Å². The van der Waals surface area contributed by atoms with Crippen LogP contribution in [0.15, 0.2) is 36.4 Å². The highest BCUT2D eigenvalue weighted by Gasteiger charge is 2.26. The first-order valence-corrected chi connectivity index (χ1v) is 6.22. The molecule has 1 amide bonds. The number of aliphatic hydroxyl groups is 2. The molecule has 20 heavy (non-hydrogen) atoms. The number of amides is 1. The van der Waals surface area contributed by atoms with Gasteiger partial charge in [0.1, 0.15) is 5.82 Å². The molecule has 0 radical (unpaired) electrons. The lowest BCUT2D eigenvalue weighted by atomic mass is 10.0. The summed E-state index contributed by atoms with van der Waals surface area (Å²) < 4.78 is 13.7. The van der Waals surface area contributed by atoms with Crippen molar-refractivity contribution in [2.45, 2.75) is 12.5 Å². The topological polar surface area (TPSA) is 69.6 Å². The van der Waals surface area contributed by atoms with Gasteiger partial charge < -0.3 is 15.5 Å². The summed E-state index contributed by atoms with van der Waals surface area (Å²) in [6, 6.07) is 9.28. The van der Waals surface area contributed by atoms with E-state index in [1.807, 2.05) is 0 Å². The molecule has 2 aromatic rings. The van der Waals surface area contributed by atoms with Crippen molar-refractivity contribution in [2.75, 3.05) is 13.2 Å². The zero-order chi connectivity index (χ0) is 14.8. The molecule has 0 aliphatic heterocycles. The largest absolute Gasteiger partial charge is 0.394 e. The van der Waals surface area contributed by atoms with E-state index < -0.39 is 30.5 Å². The minimum Gasteiger partial charge on any atom is -0.394 e. The third-order valence-electron chi connectivity index (χ3n) is 3.23. The molecule has 0 bridgehead atoms. The molecule has 0 spiro atoms. The molecule has 0 heterocycles. The summed E-state index contributed by atoms with van der Waals surface area (Å²) in [7, 11) is 0. The van der Waals surface area contributed by atoms with Crippen LogP contribution in [0.25, 0.3) is 10.8 Å². The van der Waals surface area contributed by atoms with Crippen molar-refractivity contribution in [1.82, 2.24) is 5.32 Å². The highest BCUT2D eigenvalue weighted by molar-refractivity contribution is 6.07. The Morgan fingerprint density at radius 3 is 2.35 bits per heavy atom. The number of hydrogen-bond donors (Lipinski definition) is 3. The van der Waals surface area contributed by atoms with Crippen LogP contribution < -0.4 is 5.32 Å². The van der Waals surface area contributed by atoms with Gasteiger partial charge in [0.25, 0.3) is 5.91 Å². The number of nitrogens with one attached hydrogen (secondary N) is 1. The van der Waals surface area contributed by atoms with Gasteiger partial charge in [-0.05, 0) is 24.4 Å². The second-order valence-electron chi connectivity index (χ2n) is 4.97. The zero-order valence-electron chi connectivity index (χ0n) is 11.1. The molecule has 4 nitrogen and oxygen atoms in total. The Labute approximate surface area is 115 Å². The van der Waals surface area contributed by atoms with Crippen LogP contribution in [-0.2, 0) is 0 Å². The smallest absolute Gasteiger partial charge is 0.252 e. The van der Waals surface area contributed by atoms with Crippen molar-refractivity contribution in [2.24, 2.45) is 0 Å². The Morgan fingerprint density at radius 1 is 1.15 bits per heavy atom. The van der Waals surface area contributed by atoms with E-state index >= 15 is 0 Å². The first-order valence-electron chi connectivity index (χ1n) is 6.22. The Hall–Kier alpha value is -1.98. The number of halogens is 1. The standard InChI is InChI=1S/C15H16FNO3/c1-15(8-18,9-19)17-14(20)12-6-7-13(16)11-5-3-2-4-10(11)12/h2-7,18-19H,8-9H2,1H3,(H,17,20). The van der Waals surface area contributed by atoms with E-state index in [4.69, 9.17) is 0 Å². The number of carbonyl (C=O) groups excluding carboxylic acids is 1. The number of benzene rings is 2. The monoisotopic (exact) mass is 277 g/mol. The van der Waals surface area contributed by atoms with Crippen molar-refractivity contribution in [3.8, 4) is 0 Å². The summed E-state index contributed by atoms with van der Waals surface area (Å²) in [5.41, 5.74) is -0.817. The molecule has 0 saturated carbocycles. The fourth-order valence-electron chi connectivity index (χ4n) is 1.93.